The van der Waals surface area contributed by atoms with Gasteiger partial charge in [0.05, 0.1) is 11.0 Å². The van der Waals surface area contributed by atoms with E-state index in [0.29, 0.717) is 0 Å². The topological polar surface area (TPSA) is 38.7 Å². The minimum Gasteiger partial charge on any atom is -0.253 e. The Morgan fingerprint density at radius 2 is 1.81 bits per heavy atom. The maximum absolute atomic E-state index is 4.36. The molecule has 0 aliphatic heterocycles. The minimum atomic E-state index is 0.910. The van der Waals surface area contributed by atoms with E-state index in [4.69, 9.17) is 0 Å². The second-order valence-corrected chi connectivity index (χ2v) is 4.77. The molecule has 3 nitrogen and oxygen atoms in total. The fourth-order valence-electron chi connectivity index (χ4n) is 1.58. The number of aromatic nitrogens is 3. The highest BCUT2D eigenvalue weighted by Crippen LogP contribution is 2.26. The molecule has 78 valence electrons. The van der Waals surface area contributed by atoms with Crippen LogP contribution in [-0.4, -0.2) is 15.0 Å². The van der Waals surface area contributed by atoms with Gasteiger partial charge in [0.2, 0.25) is 0 Å². The van der Waals surface area contributed by atoms with Crippen molar-refractivity contribution in [2.75, 3.05) is 0 Å². The number of fused-ring (bicyclic) bond motifs is 1. The van der Waals surface area contributed by atoms with Crippen LogP contribution in [0.25, 0.3) is 21.6 Å². The lowest BCUT2D eigenvalue weighted by Gasteiger charge is -1.98. The van der Waals surface area contributed by atoms with Gasteiger partial charge >= 0.3 is 0 Å². The fourth-order valence-corrected chi connectivity index (χ4v) is 2.35. The minimum absolute atomic E-state index is 0.910. The maximum atomic E-state index is 4.36. The molecular weight excluding hydrogens is 218 g/mol. The molecule has 0 saturated carbocycles. The summed E-state index contributed by atoms with van der Waals surface area (Å²) in [6.07, 6.45) is 5.30. The molecule has 0 bridgehead atoms. The van der Waals surface area contributed by atoms with Gasteiger partial charge in [-0.2, -0.15) is 0 Å². The summed E-state index contributed by atoms with van der Waals surface area (Å²) in [6.45, 7) is 2.06. The number of thiazole rings is 1. The van der Waals surface area contributed by atoms with E-state index in [0.717, 1.165) is 21.6 Å². The van der Waals surface area contributed by atoms with E-state index in [1.165, 1.54) is 4.88 Å². The quantitative estimate of drug-likeness (QED) is 0.641. The molecule has 0 spiro atoms. The summed E-state index contributed by atoms with van der Waals surface area (Å²) in [5.74, 6) is 0. The molecule has 3 rings (SSSR count). The Morgan fingerprint density at radius 3 is 2.56 bits per heavy atom. The van der Waals surface area contributed by atoms with Crippen LogP contribution in [0.2, 0.25) is 0 Å². The van der Waals surface area contributed by atoms with Crippen molar-refractivity contribution < 1.29 is 0 Å². The highest BCUT2D eigenvalue weighted by atomic mass is 32.1. The van der Waals surface area contributed by atoms with Crippen LogP contribution in [0.1, 0.15) is 4.88 Å². The molecule has 0 aliphatic rings. The predicted molar refractivity (Wildman–Crippen MR) is 65.4 cm³/mol. The molecule has 1 aromatic carbocycles. The summed E-state index contributed by atoms with van der Waals surface area (Å²) in [5.41, 5.74) is 2.93. The maximum Gasteiger partial charge on any atom is 0.123 e. The summed E-state index contributed by atoms with van der Waals surface area (Å²) >= 11 is 1.69. The van der Waals surface area contributed by atoms with Crippen molar-refractivity contribution in [3.8, 4) is 10.6 Å². The number of hydrogen-bond acceptors (Lipinski definition) is 4. The Bertz CT molecular complexity index is 645. The Balaban J connectivity index is 2.18. The van der Waals surface area contributed by atoms with E-state index in [9.17, 15) is 0 Å². The highest BCUT2D eigenvalue weighted by Gasteiger charge is 2.04. The third-order valence-electron chi connectivity index (χ3n) is 2.34. The molecule has 0 radical (unpaired) electrons. The Hall–Kier alpha value is -1.81. The van der Waals surface area contributed by atoms with Crippen LogP contribution in [0.4, 0.5) is 0 Å². The molecule has 0 amide bonds. The van der Waals surface area contributed by atoms with Crippen LogP contribution in [0.3, 0.4) is 0 Å². The zero-order chi connectivity index (χ0) is 11.0. The standard InChI is InChI=1S/C12H9N3S/c1-8-7-15-12(16-8)9-2-3-10-11(6-9)14-5-4-13-10/h2-7H,1H3. The van der Waals surface area contributed by atoms with Crippen molar-refractivity contribution in [3.05, 3.63) is 41.7 Å². The third-order valence-corrected chi connectivity index (χ3v) is 3.30. The molecule has 0 fully saturated rings. The number of aryl methyl sites for hydroxylation is 1. The molecular formula is C12H9N3S. The Morgan fingerprint density at radius 1 is 1.00 bits per heavy atom. The first-order valence-corrected chi connectivity index (χ1v) is 5.78. The van der Waals surface area contributed by atoms with Gasteiger partial charge in [-0.1, -0.05) is 0 Å². The van der Waals surface area contributed by atoms with Gasteiger partial charge in [-0.05, 0) is 25.1 Å². The molecule has 2 aromatic heterocycles. The average Bonchev–Trinajstić information content (AvgIpc) is 2.75. The summed E-state index contributed by atoms with van der Waals surface area (Å²) in [4.78, 5) is 14.1. The molecule has 3 aromatic rings. The van der Waals surface area contributed by atoms with Crippen molar-refractivity contribution in [3.63, 3.8) is 0 Å². The Kier molecular flexibility index (Phi) is 2.15. The van der Waals surface area contributed by atoms with Crippen molar-refractivity contribution in [2.45, 2.75) is 6.92 Å². The molecule has 0 atom stereocenters. The monoisotopic (exact) mass is 227 g/mol. The van der Waals surface area contributed by atoms with E-state index < -0.39 is 0 Å². The normalized spacial score (nSPS) is 10.8. The van der Waals surface area contributed by atoms with Gasteiger partial charge in [0, 0.05) is 29.0 Å². The molecule has 0 unspecified atom stereocenters. The number of benzene rings is 1. The SMILES string of the molecule is Cc1cnc(-c2ccc3nccnc3c2)s1. The summed E-state index contributed by atoms with van der Waals surface area (Å²) in [6, 6.07) is 6.05. The molecule has 0 aliphatic carbocycles. The van der Waals surface area contributed by atoms with Gasteiger partial charge in [0.25, 0.3) is 0 Å². The number of nitrogens with zero attached hydrogens (tertiary/aromatic N) is 3. The molecule has 16 heavy (non-hydrogen) atoms. The van der Waals surface area contributed by atoms with E-state index in [2.05, 4.69) is 21.9 Å². The fraction of sp³-hybridized carbons (Fsp3) is 0.0833. The average molecular weight is 227 g/mol. The van der Waals surface area contributed by atoms with Gasteiger partial charge in [-0.3, -0.25) is 9.97 Å². The van der Waals surface area contributed by atoms with Gasteiger partial charge < -0.3 is 0 Å². The van der Waals surface area contributed by atoms with E-state index >= 15 is 0 Å². The summed E-state index contributed by atoms with van der Waals surface area (Å²) in [7, 11) is 0. The first-order chi connectivity index (χ1) is 7.83. The lowest BCUT2D eigenvalue weighted by atomic mass is 10.2. The zero-order valence-electron chi connectivity index (χ0n) is 8.71. The van der Waals surface area contributed by atoms with Gasteiger partial charge in [-0.15, -0.1) is 11.3 Å². The second-order valence-electron chi connectivity index (χ2n) is 3.54. The lowest BCUT2D eigenvalue weighted by Crippen LogP contribution is -1.83. The molecule has 0 saturated heterocycles. The first kappa shape index (κ1) is 9.42. The van der Waals surface area contributed by atoms with E-state index in [1.807, 2.05) is 24.4 Å². The largest absolute Gasteiger partial charge is 0.253 e. The van der Waals surface area contributed by atoms with E-state index in [-0.39, 0.29) is 0 Å². The van der Waals surface area contributed by atoms with Crippen LogP contribution in [0.5, 0.6) is 0 Å². The van der Waals surface area contributed by atoms with Crippen molar-refractivity contribution in [1.29, 1.82) is 0 Å². The van der Waals surface area contributed by atoms with Crippen molar-refractivity contribution >= 4 is 22.4 Å². The lowest BCUT2D eigenvalue weighted by molar-refractivity contribution is 1.29. The second kappa shape index (κ2) is 3.64. The van der Waals surface area contributed by atoms with Crippen molar-refractivity contribution in [1.82, 2.24) is 15.0 Å². The van der Waals surface area contributed by atoms with Crippen LogP contribution in [-0.2, 0) is 0 Å². The summed E-state index contributed by atoms with van der Waals surface area (Å²) < 4.78 is 0. The number of rotatable bonds is 1. The van der Waals surface area contributed by atoms with Crippen LogP contribution >= 0.6 is 11.3 Å². The zero-order valence-corrected chi connectivity index (χ0v) is 9.53. The first-order valence-electron chi connectivity index (χ1n) is 4.96. The van der Waals surface area contributed by atoms with Crippen LogP contribution < -0.4 is 0 Å². The molecule has 2 heterocycles. The predicted octanol–water partition coefficient (Wildman–Crippen LogP) is 3.06. The van der Waals surface area contributed by atoms with Gasteiger partial charge in [-0.25, -0.2) is 4.98 Å². The van der Waals surface area contributed by atoms with Crippen LogP contribution in [0.15, 0.2) is 36.8 Å². The molecule has 0 N–H and O–H groups in total. The van der Waals surface area contributed by atoms with Gasteiger partial charge in [0.1, 0.15) is 5.01 Å². The number of hydrogen-bond donors (Lipinski definition) is 0. The van der Waals surface area contributed by atoms with Crippen LogP contribution in [0, 0.1) is 6.92 Å². The van der Waals surface area contributed by atoms with Crippen molar-refractivity contribution in [2.24, 2.45) is 0 Å². The molecule has 4 heteroatoms. The van der Waals surface area contributed by atoms with E-state index in [1.54, 1.807) is 23.7 Å². The third kappa shape index (κ3) is 1.57. The van der Waals surface area contributed by atoms with Gasteiger partial charge in [0.15, 0.2) is 0 Å². The highest BCUT2D eigenvalue weighted by molar-refractivity contribution is 7.14. The smallest absolute Gasteiger partial charge is 0.123 e. The summed E-state index contributed by atoms with van der Waals surface area (Å²) in [5, 5.41) is 1.03. The Labute approximate surface area is 96.8 Å².